The molecule has 3 N–H and O–H groups in total. The number of amides is 1. The maximum atomic E-state index is 11.9. The number of carbonyl (C=O) groups is 1. The molecule has 0 aromatic carbocycles. The van der Waals surface area contributed by atoms with Gasteiger partial charge < -0.3 is 20.4 Å². The second kappa shape index (κ2) is 8.50. The van der Waals surface area contributed by atoms with Crippen LogP contribution in [0.15, 0.2) is 23.1 Å². The van der Waals surface area contributed by atoms with Crippen molar-refractivity contribution in [1.82, 2.24) is 4.57 Å². The number of nitrogens with zero attached hydrogens (tertiary/aromatic N) is 1. The zero-order valence-electron chi connectivity index (χ0n) is 12.1. The van der Waals surface area contributed by atoms with E-state index < -0.39 is 6.04 Å². The number of ether oxygens (including phenoxy) is 1. The average Bonchev–Trinajstić information content (AvgIpc) is 2.43. The average molecular weight is 281 g/mol. The molecule has 20 heavy (non-hydrogen) atoms. The minimum absolute atomic E-state index is 0.0748. The highest BCUT2D eigenvalue weighted by Crippen LogP contribution is 2.06. The van der Waals surface area contributed by atoms with Crippen LogP contribution < -0.4 is 16.6 Å². The third-order valence-electron chi connectivity index (χ3n) is 2.92. The molecule has 0 saturated heterocycles. The summed E-state index contributed by atoms with van der Waals surface area (Å²) in [5.41, 5.74) is 6.31. The molecule has 1 rings (SSSR count). The fourth-order valence-corrected chi connectivity index (χ4v) is 1.83. The first-order valence-electron chi connectivity index (χ1n) is 6.84. The van der Waals surface area contributed by atoms with Crippen LogP contribution in [-0.4, -0.2) is 30.2 Å². The summed E-state index contributed by atoms with van der Waals surface area (Å²) < 4.78 is 6.50. The minimum atomic E-state index is -0.572. The Hall–Kier alpha value is -1.66. The van der Waals surface area contributed by atoms with Crippen LogP contribution in [0.3, 0.4) is 0 Å². The van der Waals surface area contributed by atoms with Gasteiger partial charge >= 0.3 is 0 Å². The Morgan fingerprint density at radius 2 is 2.25 bits per heavy atom. The van der Waals surface area contributed by atoms with E-state index in [0.717, 1.165) is 12.8 Å². The molecule has 6 nitrogen and oxygen atoms in total. The summed E-state index contributed by atoms with van der Waals surface area (Å²) in [6.07, 6.45) is 3.80. The Bertz CT molecular complexity index is 485. The molecule has 1 aromatic heterocycles. The van der Waals surface area contributed by atoms with Gasteiger partial charge in [-0.3, -0.25) is 9.59 Å². The first-order valence-corrected chi connectivity index (χ1v) is 6.84. The monoisotopic (exact) mass is 281 g/mol. The predicted molar refractivity (Wildman–Crippen MR) is 78.7 cm³/mol. The fourth-order valence-electron chi connectivity index (χ4n) is 1.83. The largest absolute Gasteiger partial charge is 0.385 e. The van der Waals surface area contributed by atoms with Crippen molar-refractivity contribution in [3.05, 3.63) is 28.7 Å². The Morgan fingerprint density at radius 1 is 1.50 bits per heavy atom. The van der Waals surface area contributed by atoms with E-state index in [1.54, 1.807) is 23.9 Å². The predicted octanol–water partition coefficient (Wildman–Crippen LogP) is 0.951. The molecule has 0 aliphatic heterocycles. The molecule has 0 bridgehead atoms. The third kappa shape index (κ3) is 5.14. The molecular formula is C14H23N3O3. The number of carbonyl (C=O) groups excluding carboxylic acids is 1. The van der Waals surface area contributed by atoms with E-state index in [9.17, 15) is 9.59 Å². The molecule has 1 aromatic rings. The van der Waals surface area contributed by atoms with Gasteiger partial charge in [-0.1, -0.05) is 6.92 Å². The van der Waals surface area contributed by atoms with Crippen LogP contribution >= 0.6 is 0 Å². The van der Waals surface area contributed by atoms with Crippen molar-refractivity contribution >= 4 is 11.6 Å². The number of anilines is 1. The van der Waals surface area contributed by atoms with Crippen molar-refractivity contribution in [1.29, 1.82) is 0 Å². The summed E-state index contributed by atoms with van der Waals surface area (Å²) in [5.74, 6) is -0.247. The van der Waals surface area contributed by atoms with Gasteiger partial charge in [0.2, 0.25) is 5.91 Å². The van der Waals surface area contributed by atoms with E-state index in [1.807, 2.05) is 6.92 Å². The van der Waals surface area contributed by atoms with E-state index in [1.165, 1.54) is 6.07 Å². The van der Waals surface area contributed by atoms with Gasteiger partial charge in [0, 0.05) is 32.5 Å². The first kappa shape index (κ1) is 16.4. The Balaban J connectivity index is 2.61. The molecule has 0 radical (unpaired) electrons. The van der Waals surface area contributed by atoms with Gasteiger partial charge in [0.25, 0.3) is 5.56 Å². The first-order chi connectivity index (χ1) is 9.58. The van der Waals surface area contributed by atoms with Crippen molar-refractivity contribution in [3.8, 4) is 0 Å². The van der Waals surface area contributed by atoms with Crippen molar-refractivity contribution < 1.29 is 9.53 Å². The lowest BCUT2D eigenvalue weighted by Gasteiger charge is -2.13. The number of methoxy groups -OCH3 is 1. The standard InChI is InChI=1S/C14H23N3O3/c1-3-8-17-10-11(6-7-13(17)18)16-14(19)12(15)5-4-9-20-2/h6-7,10,12H,3-5,8-9,15H2,1-2H3,(H,16,19). The lowest BCUT2D eigenvalue weighted by atomic mass is 10.1. The zero-order chi connectivity index (χ0) is 15.0. The molecule has 0 aliphatic carbocycles. The van der Waals surface area contributed by atoms with Crippen LogP contribution in [0.4, 0.5) is 5.69 Å². The smallest absolute Gasteiger partial charge is 0.250 e. The maximum absolute atomic E-state index is 11.9. The lowest BCUT2D eigenvalue weighted by molar-refractivity contribution is -0.117. The third-order valence-corrected chi connectivity index (χ3v) is 2.92. The van der Waals surface area contributed by atoms with Gasteiger partial charge in [-0.15, -0.1) is 0 Å². The molecule has 1 unspecified atom stereocenters. The van der Waals surface area contributed by atoms with E-state index in [-0.39, 0.29) is 11.5 Å². The maximum Gasteiger partial charge on any atom is 0.250 e. The molecule has 1 heterocycles. The van der Waals surface area contributed by atoms with E-state index >= 15 is 0 Å². The highest BCUT2D eigenvalue weighted by Gasteiger charge is 2.13. The number of hydrogen-bond donors (Lipinski definition) is 2. The van der Waals surface area contributed by atoms with Crippen molar-refractivity contribution in [2.45, 2.75) is 38.8 Å². The quantitative estimate of drug-likeness (QED) is 0.695. The lowest BCUT2D eigenvalue weighted by Crippen LogP contribution is -2.36. The Labute approximate surface area is 118 Å². The molecule has 112 valence electrons. The number of nitrogens with two attached hydrogens (primary N) is 1. The van der Waals surface area contributed by atoms with Gasteiger partial charge in [-0.05, 0) is 25.3 Å². The summed E-state index contributed by atoms with van der Waals surface area (Å²) in [6, 6.07) is 2.47. The fraction of sp³-hybridized carbons (Fsp3) is 0.571. The number of pyridine rings is 1. The van der Waals surface area contributed by atoms with Crippen LogP contribution in [0.2, 0.25) is 0 Å². The summed E-state index contributed by atoms with van der Waals surface area (Å²) in [4.78, 5) is 23.5. The van der Waals surface area contributed by atoms with Gasteiger partial charge in [0.15, 0.2) is 0 Å². The van der Waals surface area contributed by atoms with Gasteiger partial charge in [-0.25, -0.2) is 0 Å². The Morgan fingerprint density at radius 3 is 2.90 bits per heavy atom. The number of nitrogens with one attached hydrogen (secondary N) is 1. The molecule has 0 saturated carbocycles. The van der Waals surface area contributed by atoms with Crippen LogP contribution in [0, 0.1) is 0 Å². The zero-order valence-corrected chi connectivity index (χ0v) is 12.1. The summed E-state index contributed by atoms with van der Waals surface area (Å²) in [7, 11) is 1.61. The molecule has 0 fully saturated rings. The van der Waals surface area contributed by atoms with Crippen molar-refractivity contribution in [3.63, 3.8) is 0 Å². The van der Waals surface area contributed by atoms with E-state index in [4.69, 9.17) is 10.5 Å². The molecule has 1 atom stereocenters. The summed E-state index contributed by atoms with van der Waals surface area (Å²) in [6.45, 7) is 3.20. The molecular weight excluding hydrogens is 258 g/mol. The van der Waals surface area contributed by atoms with E-state index in [0.29, 0.717) is 25.3 Å². The molecule has 1 amide bonds. The van der Waals surface area contributed by atoms with Gasteiger partial charge in [0.1, 0.15) is 0 Å². The van der Waals surface area contributed by atoms with Crippen LogP contribution in [0.1, 0.15) is 26.2 Å². The van der Waals surface area contributed by atoms with Crippen LogP contribution in [0.5, 0.6) is 0 Å². The minimum Gasteiger partial charge on any atom is -0.385 e. The number of aromatic nitrogens is 1. The SMILES string of the molecule is CCCn1cc(NC(=O)C(N)CCCOC)ccc1=O. The second-order valence-corrected chi connectivity index (χ2v) is 4.68. The molecule has 0 aliphatic rings. The topological polar surface area (TPSA) is 86.3 Å². The van der Waals surface area contributed by atoms with Crippen molar-refractivity contribution in [2.24, 2.45) is 5.73 Å². The van der Waals surface area contributed by atoms with Crippen LogP contribution in [0.25, 0.3) is 0 Å². The van der Waals surface area contributed by atoms with E-state index in [2.05, 4.69) is 5.32 Å². The second-order valence-electron chi connectivity index (χ2n) is 4.68. The summed E-state index contributed by atoms with van der Waals surface area (Å²) in [5, 5.41) is 2.73. The molecule has 6 heteroatoms. The van der Waals surface area contributed by atoms with Gasteiger partial charge in [-0.2, -0.15) is 0 Å². The molecule has 0 spiro atoms. The highest BCUT2D eigenvalue weighted by molar-refractivity contribution is 5.94. The highest BCUT2D eigenvalue weighted by atomic mass is 16.5. The van der Waals surface area contributed by atoms with Crippen molar-refractivity contribution in [2.75, 3.05) is 19.0 Å². The number of aryl methyl sites for hydroxylation is 1. The summed E-state index contributed by atoms with van der Waals surface area (Å²) >= 11 is 0. The van der Waals surface area contributed by atoms with Gasteiger partial charge in [0.05, 0.1) is 11.7 Å². The number of hydrogen-bond acceptors (Lipinski definition) is 4. The van der Waals surface area contributed by atoms with Crippen LogP contribution in [-0.2, 0) is 16.1 Å². The number of rotatable bonds is 8. The normalized spacial score (nSPS) is 12.2. The Kier molecular flexibility index (Phi) is 6.97.